The number of nitrogens with zero attached hydrogens (tertiary/aromatic N) is 3. The molecule has 0 radical (unpaired) electrons. The van der Waals surface area contributed by atoms with E-state index in [0.29, 0.717) is 30.3 Å². The molecule has 1 saturated heterocycles. The van der Waals surface area contributed by atoms with Crippen LogP contribution in [0.5, 0.6) is 0 Å². The summed E-state index contributed by atoms with van der Waals surface area (Å²) in [5.41, 5.74) is 1.38. The Kier molecular flexibility index (Phi) is 8.24. The van der Waals surface area contributed by atoms with Gasteiger partial charge in [-0.2, -0.15) is 0 Å². The van der Waals surface area contributed by atoms with Crippen molar-refractivity contribution in [2.24, 2.45) is 16.3 Å². The summed E-state index contributed by atoms with van der Waals surface area (Å²) in [6, 6.07) is 7.36. The van der Waals surface area contributed by atoms with Gasteiger partial charge in [0.25, 0.3) is 11.8 Å². The molecular weight excluding hydrogens is 468 g/mol. The quantitative estimate of drug-likeness (QED) is 0.575. The van der Waals surface area contributed by atoms with E-state index in [9.17, 15) is 14.4 Å². The second kappa shape index (κ2) is 11.2. The molecule has 1 saturated carbocycles. The Balaban J connectivity index is 1.44. The molecule has 2 aliphatic heterocycles. The van der Waals surface area contributed by atoms with E-state index in [2.05, 4.69) is 31.0 Å². The van der Waals surface area contributed by atoms with Crippen molar-refractivity contribution in [1.82, 2.24) is 15.1 Å². The summed E-state index contributed by atoms with van der Waals surface area (Å²) in [5, 5.41) is 11.4. The van der Waals surface area contributed by atoms with Crippen LogP contribution >= 0.6 is 0 Å². The number of carboxylic acid groups (broad SMARTS) is 1. The fourth-order valence-corrected chi connectivity index (χ4v) is 6.01. The number of hydrogen-bond acceptors (Lipinski definition) is 5. The van der Waals surface area contributed by atoms with Crippen LogP contribution in [0.25, 0.3) is 0 Å². The molecule has 202 valence electrons. The van der Waals surface area contributed by atoms with Crippen LogP contribution in [0.15, 0.2) is 29.3 Å². The van der Waals surface area contributed by atoms with E-state index in [-0.39, 0.29) is 30.2 Å². The van der Waals surface area contributed by atoms with Gasteiger partial charge in [0, 0.05) is 31.7 Å². The molecule has 8 heteroatoms. The topological polar surface area (TPSA) is 102 Å². The predicted molar refractivity (Wildman–Crippen MR) is 143 cm³/mol. The molecule has 2 amide bonds. The number of aliphatic carboxylic acids is 1. The summed E-state index contributed by atoms with van der Waals surface area (Å²) in [5.74, 6) is 0.159. The highest BCUT2D eigenvalue weighted by atomic mass is 16.4. The van der Waals surface area contributed by atoms with Gasteiger partial charge >= 0.3 is 5.97 Å². The minimum absolute atomic E-state index is 0.0746. The predicted octanol–water partition coefficient (Wildman–Crippen LogP) is 4.09. The van der Waals surface area contributed by atoms with E-state index in [1.54, 1.807) is 12.1 Å². The number of hydrogen-bond donors (Lipinski definition) is 2. The summed E-state index contributed by atoms with van der Waals surface area (Å²) in [4.78, 5) is 46.1. The van der Waals surface area contributed by atoms with Crippen LogP contribution in [-0.2, 0) is 16.0 Å². The lowest BCUT2D eigenvalue weighted by molar-refractivity contribution is -0.136. The first-order valence-corrected chi connectivity index (χ1v) is 13.8. The average Bonchev–Trinajstić information content (AvgIpc) is 3.13. The van der Waals surface area contributed by atoms with Crippen LogP contribution in [0.4, 0.5) is 0 Å². The zero-order chi connectivity index (χ0) is 26.6. The normalized spacial score (nSPS) is 24.4. The molecule has 1 aliphatic carbocycles. The molecular formula is C29H42N4O4. The third kappa shape index (κ3) is 6.33. The van der Waals surface area contributed by atoms with Gasteiger partial charge in [0.15, 0.2) is 5.84 Å². The minimum atomic E-state index is -0.941. The minimum Gasteiger partial charge on any atom is -0.481 e. The van der Waals surface area contributed by atoms with Crippen molar-refractivity contribution in [3.63, 3.8) is 0 Å². The van der Waals surface area contributed by atoms with E-state index in [0.717, 1.165) is 57.2 Å². The summed E-state index contributed by atoms with van der Waals surface area (Å²) >= 11 is 0. The number of carboxylic acids is 1. The highest BCUT2D eigenvalue weighted by Crippen LogP contribution is 2.46. The SMILES string of the molecule is CC(C)(C)C1CCC2(CC1)N=C(N1CCCCC1)C(=O)N2CCc1ccc(C(=O)NCCC(=O)O)cc1. The second-order valence-corrected chi connectivity index (χ2v) is 11.9. The molecule has 8 nitrogen and oxygen atoms in total. The number of piperidine rings is 1. The second-order valence-electron chi connectivity index (χ2n) is 11.9. The standard InChI is InChI=1S/C29H42N4O4/c1-28(2,3)23-11-15-29(16-12-23)31-25(32-18-5-4-6-19-32)27(37)33(29)20-14-21-7-9-22(10-8-21)26(36)30-17-13-24(34)35/h7-10,23H,4-6,11-20H2,1-3H3,(H,30,36)(H,34,35). The average molecular weight is 511 g/mol. The zero-order valence-corrected chi connectivity index (χ0v) is 22.6. The maximum Gasteiger partial charge on any atom is 0.305 e. The Hall–Kier alpha value is -2.90. The molecule has 1 aromatic carbocycles. The molecule has 1 aromatic rings. The largest absolute Gasteiger partial charge is 0.481 e. The third-order valence-corrected chi connectivity index (χ3v) is 8.38. The molecule has 0 atom stereocenters. The summed E-state index contributed by atoms with van der Waals surface area (Å²) in [7, 11) is 0. The van der Waals surface area contributed by atoms with E-state index >= 15 is 0 Å². The van der Waals surface area contributed by atoms with E-state index < -0.39 is 11.6 Å². The molecule has 2 N–H and O–H groups in total. The number of amides is 2. The van der Waals surface area contributed by atoms with Gasteiger partial charge in [-0.05, 0) is 80.4 Å². The first-order chi connectivity index (χ1) is 17.6. The lowest BCUT2D eigenvalue weighted by Crippen LogP contribution is -2.51. The molecule has 37 heavy (non-hydrogen) atoms. The lowest BCUT2D eigenvalue weighted by Gasteiger charge is -2.44. The maximum absolute atomic E-state index is 13.7. The summed E-state index contributed by atoms with van der Waals surface area (Å²) < 4.78 is 0. The highest BCUT2D eigenvalue weighted by molar-refractivity contribution is 6.39. The number of amidine groups is 1. The van der Waals surface area contributed by atoms with Crippen LogP contribution in [0.2, 0.25) is 0 Å². The van der Waals surface area contributed by atoms with Gasteiger partial charge in [-0.3, -0.25) is 14.4 Å². The van der Waals surface area contributed by atoms with Crippen LogP contribution in [0, 0.1) is 11.3 Å². The Morgan fingerprint density at radius 1 is 1.08 bits per heavy atom. The number of likely N-dealkylation sites (tertiary alicyclic amines) is 1. The van der Waals surface area contributed by atoms with Crippen molar-refractivity contribution < 1.29 is 19.5 Å². The van der Waals surface area contributed by atoms with Crippen LogP contribution in [-0.4, -0.2) is 70.4 Å². The van der Waals surface area contributed by atoms with Crippen molar-refractivity contribution in [3.05, 3.63) is 35.4 Å². The number of aliphatic imine (C=N–C) groups is 1. The number of rotatable bonds is 7. The van der Waals surface area contributed by atoms with Crippen molar-refractivity contribution in [2.45, 2.75) is 84.2 Å². The van der Waals surface area contributed by atoms with Gasteiger partial charge < -0.3 is 20.2 Å². The Morgan fingerprint density at radius 2 is 1.73 bits per heavy atom. The van der Waals surface area contributed by atoms with Crippen molar-refractivity contribution >= 4 is 23.6 Å². The van der Waals surface area contributed by atoms with Crippen LogP contribution in [0.3, 0.4) is 0 Å². The fourth-order valence-electron chi connectivity index (χ4n) is 6.01. The molecule has 3 aliphatic rings. The maximum atomic E-state index is 13.7. The van der Waals surface area contributed by atoms with Crippen molar-refractivity contribution in [2.75, 3.05) is 26.2 Å². The van der Waals surface area contributed by atoms with Gasteiger partial charge in [0.05, 0.1) is 6.42 Å². The van der Waals surface area contributed by atoms with E-state index in [1.165, 1.54) is 6.42 Å². The van der Waals surface area contributed by atoms with Crippen molar-refractivity contribution in [1.29, 1.82) is 0 Å². The Morgan fingerprint density at radius 3 is 2.32 bits per heavy atom. The number of carbonyl (C=O) groups is 3. The molecule has 0 aromatic heterocycles. The lowest BCUT2D eigenvalue weighted by atomic mass is 9.69. The first kappa shape index (κ1) is 27.1. The number of carbonyl (C=O) groups excluding carboxylic acids is 2. The first-order valence-electron chi connectivity index (χ1n) is 13.8. The fraction of sp³-hybridized carbons (Fsp3) is 0.655. The molecule has 0 unspecified atom stereocenters. The molecule has 4 rings (SSSR count). The molecule has 0 bridgehead atoms. The Bertz CT molecular complexity index is 1010. The van der Waals surface area contributed by atoms with Gasteiger partial charge in [0.2, 0.25) is 0 Å². The summed E-state index contributed by atoms with van der Waals surface area (Å²) in [6.45, 7) is 9.46. The smallest absolute Gasteiger partial charge is 0.305 e. The molecule has 2 fully saturated rings. The highest BCUT2D eigenvalue weighted by Gasteiger charge is 2.50. The van der Waals surface area contributed by atoms with Gasteiger partial charge in [-0.15, -0.1) is 0 Å². The molecule has 2 heterocycles. The van der Waals surface area contributed by atoms with Crippen LogP contribution in [0.1, 0.15) is 88.1 Å². The Labute approximate surface area is 220 Å². The monoisotopic (exact) mass is 510 g/mol. The van der Waals surface area contributed by atoms with Gasteiger partial charge in [-0.25, -0.2) is 4.99 Å². The van der Waals surface area contributed by atoms with E-state index in [1.807, 2.05) is 17.0 Å². The van der Waals surface area contributed by atoms with E-state index in [4.69, 9.17) is 10.1 Å². The van der Waals surface area contributed by atoms with Crippen molar-refractivity contribution in [3.8, 4) is 0 Å². The molecule has 1 spiro atoms. The number of nitrogens with one attached hydrogen (secondary N) is 1. The van der Waals surface area contributed by atoms with Gasteiger partial charge in [0.1, 0.15) is 5.66 Å². The zero-order valence-electron chi connectivity index (χ0n) is 22.6. The third-order valence-electron chi connectivity index (χ3n) is 8.38. The summed E-state index contributed by atoms with van der Waals surface area (Å²) in [6.07, 6.45) is 8.01. The van der Waals surface area contributed by atoms with Crippen LogP contribution < -0.4 is 5.32 Å². The number of benzene rings is 1. The van der Waals surface area contributed by atoms with Gasteiger partial charge in [-0.1, -0.05) is 32.9 Å².